The first-order chi connectivity index (χ1) is 13.3. The Morgan fingerprint density at radius 2 is 1.93 bits per heavy atom. The second-order valence-corrected chi connectivity index (χ2v) is 12.3. The molecule has 0 fully saturated rings. The Morgan fingerprint density at radius 1 is 1.21 bits per heavy atom. The van der Waals surface area contributed by atoms with E-state index in [1.54, 1.807) is 0 Å². The van der Waals surface area contributed by atoms with Crippen LogP contribution in [0.1, 0.15) is 33.6 Å². The molecule has 1 aliphatic carbocycles. The second-order valence-electron chi connectivity index (χ2n) is 8.39. The number of ether oxygens (including phenoxy) is 1. The molecule has 1 unspecified atom stereocenters. The second kappa shape index (κ2) is 10.6. The first-order valence-electron chi connectivity index (χ1n) is 10.1. The molecule has 2 rings (SSSR count). The molecular formula is C23H37NO3S. The summed E-state index contributed by atoms with van der Waals surface area (Å²) < 4.78 is 6.38. The van der Waals surface area contributed by atoms with Crippen molar-refractivity contribution in [2.75, 3.05) is 39.3 Å². The highest BCUT2D eigenvalue weighted by Gasteiger charge is 2.41. The Bertz CT molecular complexity index is 654. The van der Waals surface area contributed by atoms with Crippen LogP contribution in [-0.2, 0) is 4.74 Å². The van der Waals surface area contributed by atoms with Crippen LogP contribution < -0.4 is 0 Å². The molecule has 0 saturated heterocycles. The molecule has 158 valence electrons. The predicted octanol–water partition coefficient (Wildman–Crippen LogP) is 4.14. The molecule has 4 nitrogen and oxygen atoms in total. The summed E-state index contributed by atoms with van der Waals surface area (Å²) in [6, 6.07) is 10.9. The Morgan fingerprint density at radius 3 is 2.50 bits per heavy atom. The van der Waals surface area contributed by atoms with Crippen LogP contribution in [0.2, 0.25) is 0 Å². The van der Waals surface area contributed by atoms with Crippen molar-refractivity contribution in [3.8, 4) is 0 Å². The van der Waals surface area contributed by atoms with Crippen LogP contribution >= 0.6 is 10.0 Å². The molecule has 0 bridgehead atoms. The zero-order valence-corrected chi connectivity index (χ0v) is 18.6. The average molecular weight is 408 g/mol. The lowest BCUT2D eigenvalue weighted by Gasteiger charge is -2.52. The summed E-state index contributed by atoms with van der Waals surface area (Å²) in [7, 11) is 0.603. The van der Waals surface area contributed by atoms with E-state index in [4.69, 9.17) is 9.84 Å². The third-order valence-electron chi connectivity index (χ3n) is 5.22. The van der Waals surface area contributed by atoms with Crippen LogP contribution in [-0.4, -0.2) is 65.3 Å². The first kappa shape index (κ1) is 23.2. The van der Waals surface area contributed by atoms with Crippen molar-refractivity contribution >= 4 is 10.0 Å². The highest BCUT2D eigenvalue weighted by molar-refractivity contribution is 8.37. The third kappa shape index (κ3) is 5.71. The number of nitrogens with zero attached hydrogens (tertiary/aromatic N) is 1. The summed E-state index contributed by atoms with van der Waals surface area (Å²) in [5.74, 6) is 0.705. The van der Waals surface area contributed by atoms with Gasteiger partial charge in [-0.1, -0.05) is 57.2 Å². The van der Waals surface area contributed by atoms with Gasteiger partial charge in [-0.25, -0.2) is 0 Å². The summed E-state index contributed by atoms with van der Waals surface area (Å²) in [6.07, 6.45) is 8.22. The quantitative estimate of drug-likeness (QED) is 0.572. The van der Waals surface area contributed by atoms with Gasteiger partial charge in [0.25, 0.3) is 0 Å². The number of hydrogen-bond acceptors (Lipinski definition) is 4. The first-order valence-corrected chi connectivity index (χ1v) is 11.9. The molecule has 0 aromatic heterocycles. The average Bonchev–Trinajstić information content (AvgIpc) is 2.68. The fourth-order valence-electron chi connectivity index (χ4n) is 3.66. The van der Waals surface area contributed by atoms with Crippen molar-refractivity contribution in [2.45, 2.75) is 49.4 Å². The van der Waals surface area contributed by atoms with Crippen molar-refractivity contribution in [1.82, 2.24) is 4.90 Å². The van der Waals surface area contributed by atoms with Gasteiger partial charge < -0.3 is 19.8 Å². The largest absolute Gasteiger partial charge is 0.394 e. The van der Waals surface area contributed by atoms with Crippen LogP contribution in [0.15, 0.2) is 58.4 Å². The number of allylic oxidation sites excluding steroid dienone is 4. The lowest BCUT2D eigenvalue weighted by atomic mass is 10.2. The smallest absolute Gasteiger partial charge is 0.0897 e. The lowest BCUT2D eigenvalue weighted by Crippen LogP contribution is -2.35. The van der Waals surface area contributed by atoms with Gasteiger partial charge in [-0.05, 0) is 41.8 Å². The van der Waals surface area contributed by atoms with Gasteiger partial charge in [-0.3, -0.25) is 0 Å². The SMILES string of the molecule is CN(CCOCS(C1=CC=CCC1)(c1ccccc1)C(C)(C)C)C[C@H](O)CO. The Labute approximate surface area is 172 Å². The van der Waals surface area contributed by atoms with Gasteiger partial charge in [-0.2, -0.15) is 10.0 Å². The molecule has 0 saturated carbocycles. The number of rotatable bonds is 10. The Hall–Kier alpha value is -1.11. The minimum absolute atomic E-state index is 0.0738. The van der Waals surface area contributed by atoms with E-state index in [1.807, 2.05) is 11.9 Å². The monoisotopic (exact) mass is 407 g/mol. The normalized spacial score (nSPS) is 19.2. The van der Waals surface area contributed by atoms with E-state index in [1.165, 1.54) is 9.80 Å². The van der Waals surface area contributed by atoms with Crippen LogP contribution in [0, 0.1) is 0 Å². The standard InChI is InChI=1S/C23H37NO3S/c1-23(2,3)28(21-11-7-5-8-12-21,22-13-9-6-10-14-22)19-27-16-15-24(4)17-20(26)18-25/h5-9,11-13,20,25-26H,10,14-19H2,1-4H3/t20-/m0/s1. The molecule has 1 aromatic rings. The minimum Gasteiger partial charge on any atom is -0.394 e. The molecule has 0 spiro atoms. The predicted molar refractivity (Wildman–Crippen MR) is 120 cm³/mol. The highest BCUT2D eigenvalue weighted by Crippen LogP contribution is 2.71. The topological polar surface area (TPSA) is 52.9 Å². The van der Waals surface area contributed by atoms with Gasteiger partial charge in [-0.15, -0.1) is 0 Å². The van der Waals surface area contributed by atoms with E-state index in [0.29, 0.717) is 19.1 Å². The van der Waals surface area contributed by atoms with Crippen LogP contribution in [0.3, 0.4) is 0 Å². The molecule has 2 N–H and O–H groups in total. The molecule has 0 radical (unpaired) electrons. The van der Waals surface area contributed by atoms with Gasteiger partial charge in [0.1, 0.15) is 0 Å². The van der Waals surface area contributed by atoms with E-state index in [-0.39, 0.29) is 11.4 Å². The third-order valence-corrected chi connectivity index (χ3v) is 10.1. The van der Waals surface area contributed by atoms with Crippen molar-refractivity contribution < 1.29 is 14.9 Å². The molecule has 0 amide bonds. The van der Waals surface area contributed by atoms with Crippen molar-refractivity contribution in [3.63, 3.8) is 0 Å². The van der Waals surface area contributed by atoms with Crippen molar-refractivity contribution in [3.05, 3.63) is 53.5 Å². The zero-order chi connectivity index (χ0) is 20.6. The van der Waals surface area contributed by atoms with E-state index in [9.17, 15) is 5.11 Å². The number of likely N-dealkylation sites (N-methyl/N-ethyl adjacent to an activating group) is 1. The van der Waals surface area contributed by atoms with Crippen molar-refractivity contribution in [1.29, 1.82) is 0 Å². The summed E-state index contributed by atoms with van der Waals surface area (Å²) >= 11 is 0. The fraction of sp³-hybridized carbons (Fsp3) is 0.565. The van der Waals surface area contributed by atoms with Gasteiger partial charge in [0, 0.05) is 17.8 Å². The van der Waals surface area contributed by atoms with Gasteiger partial charge >= 0.3 is 0 Å². The maximum atomic E-state index is 9.60. The highest BCUT2D eigenvalue weighted by atomic mass is 32.3. The van der Waals surface area contributed by atoms with Crippen LogP contribution in [0.5, 0.6) is 0 Å². The molecule has 1 aliphatic rings. The molecule has 1 aromatic carbocycles. The molecule has 5 heteroatoms. The van der Waals surface area contributed by atoms with E-state index in [0.717, 1.165) is 19.4 Å². The van der Waals surface area contributed by atoms with Gasteiger partial charge in [0.15, 0.2) is 0 Å². The lowest BCUT2D eigenvalue weighted by molar-refractivity contribution is 0.0572. The molecule has 0 heterocycles. The maximum absolute atomic E-state index is 9.60. The molecule has 28 heavy (non-hydrogen) atoms. The fourth-order valence-corrected chi connectivity index (χ4v) is 7.86. The Kier molecular flexibility index (Phi) is 8.78. The van der Waals surface area contributed by atoms with E-state index >= 15 is 0 Å². The van der Waals surface area contributed by atoms with Crippen LogP contribution in [0.25, 0.3) is 0 Å². The summed E-state index contributed by atoms with van der Waals surface area (Å²) in [5.41, 5.74) is 0. The van der Waals surface area contributed by atoms with Gasteiger partial charge in [0.05, 0.1) is 25.3 Å². The molecular weight excluding hydrogens is 370 g/mol. The maximum Gasteiger partial charge on any atom is 0.0897 e. The molecule has 0 aliphatic heterocycles. The number of aliphatic hydroxyl groups is 2. The van der Waals surface area contributed by atoms with Crippen LogP contribution in [0.4, 0.5) is 0 Å². The minimum atomic E-state index is -1.34. The Balaban J connectivity index is 2.19. The summed E-state index contributed by atoms with van der Waals surface area (Å²) in [4.78, 5) is 4.89. The van der Waals surface area contributed by atoms with E-state index < -0.39 is 16.1 Å². The van der Waals surface area contributed by atoms with E-state index in [2.05, 4.69) is 69.3 Å². The van der Waals surface area contributed by atoms with Crippen molar-refractivity contribution in [2.24, 2.45) is 0 Å². The summed E-state index contributed by atoms with van der Waals surface area (Å²) in [6.45, 7) is 8.58. The number of hydrogen-bond donors (Lipinski definition) is 2. The number of benzene rings is 1. The van der Waals surface area contributed by atoms with Gasteiger partial charge in [0.2, 0.25) is 0 Å². The summed E-state index contributed by atoms with van der Waals surface area (Å²) in [5, 5.41) is 18.6. The zero-order valence-electron chi connectivity index (χ0n) is 17.8. The molecule has 2 atom stereocenters. The number of aliphatic hydroxyl groups excluding tert-OH is 2.